The number of nitrogens with zero attached hydrogens (tertiary/aromatic N) is 4. The molecule has 1 atom stereocenters. The van der Waals surface area contributed by atoms with Crippen molar-refractivity contribution in [2.24, 2.45) is 7.05 Å². The van der Waals surface area contributed by atoms with Gasteiger partial charge in [-0.2, -0.15) is 0 Å². The van der Waals surface area contributed by atoms with Crippen molar-refractivity contribution in [2.45, 2.75) is 46.6 Å². The van der Waals surface area contributed by atoms with Crippen molar-refractivity contribution < 1.29 is 0 Å². The number of nitrogens with one attached hydrogen (secondary N) is 1. The Kier molecular flexibility index (Phi) is 6.75. The summed E-state index contributed by atoms with van der Waals surface area (Å²) < 4.78 is 2.15. The lowest BCUT2D eigenvalue weighted by atomic mass is 10.1. The Bertz CT molecular complexity index is 1210. The molecule has 4 aromatic rings. The van der Waals surface area contributed by atoms with Gasteiger partial charge in [-0.15, -0.1) is 0 Å². The molecule has 2 aromatic carbocycles. The average Bonchev–Trinajstić information content (AvgIpc) is 3.14. The Morgan fingerprint density at radius 1 is 1.00 bits per heavy atom. The normalized spacial score (nSPS) is 12.7. The Balaban J connectivity index is 1.68. The highest BCUT2D eigenvalue weighted by atomic mass is 15.1. The highest BCUT2D eigenvalue weighted by Crippen LogP contribution is 2.32. The number of benzene rings is 2. The molecule has 0 saturated carbocycles. The van der Waals surface area contributed by atoms with Gasteiger partial charge >= 0.3 is 0 Å². The highest BCUT2D eigenvalue weighted by molar-refractivity contribution is 5.97. The second-order valence-electron chi connectivity index (χ2n) is 8.75. The number of aromatic nitrogens is 3. The predicted octanol–water partition coefficient (Wildman–Crippen LogP) is 6.02. The van der Waals surface area contributed by atoms with E-state index < -0.39 is 0 Å². The fourth-order valence-electron chi connectivity index (χ4n) is 4.51. The second-order valence-corrected chi connectivity index (χ2v) is 8.75. The van der Waals surface area contributed by atoms with Gasteiger partial charge in [0, 0.05) is 41.1 Å². The summed E-state index contributed by atoms with van der Waals surface area (Å²) in [7, 11) is 2.08. The molecular weight excluding hydrogens is 394 g/mol. The van der Waals surface area contributed by atoms with Gasteiger partial charge in [-0.25, -0.2) is 9.97 Å². The van der Waals surface area contributed by atoms with E-state index in [-0.39, 0.29) is 0 Å². The van der Waals surface area contributed by atoms with E-state index in [0.717, 1.165) is 54.2 Å². The minimum absolute atomic E-state index is 0.338. The minimum atomic E-state index is 0.338. The molecule has 5 heteroatoms. The maximum absolute atomic E-state index is 5.05. The van der Waals surface area contributed by atoms with E-state index in [2.05, 4.69) is 98.2 Å². The maximum atomic E-state index is 5.05. The van der Waals surface area contributed by atoms with Crippen molar-refractivity contribution in [2.75, 3.05) is 25.0 Å². The zero-order valence-corrected chi connectivity index (χ0v) is 20.0. The lowest BCUT2D eigenvalue weighted by Crippen LogP contribution is -2.25. The number of hydrogen-bond donors (Lipinski definition) is 1. The van der Waals surface area contributed by atoms with Gasteiger partial charge in [-0.3, -0.25) is 0 Å². The second kappa shape index (κ2) is 9.70. The number of para-hydroxylation sites is 2. The molecule has 4 rings (SSSR count). The first-order chi connectivity index (χ1) is 15.5. The fraction of sp³-hybridized carbons (Fsp3) is 0.407. The molecule has 0 aliphatic rings. The first kappa shape index (κ1) is 22.3. The summed E-state index contributed by atoms with van der Waals surface area (Å²) in [4.78, 5) is 12.5. The van der Waals surface area contributed by atoms with Crippen LogP contribution in [0.5, 0.6) is 0 Å². The molecule has 0 saturated heterocycles. The molecule has 168 valence electrons. The van der Waals surface area contributed by atoms with E-state index in [4.69, 9.17) is 9.97 Å². The molecule has 0 aliphatic heterocycles. The van der Waals surface area contributed by atoms with Crippen LogP contribution < -0.4 is 5.32 Å². The van der Waals surface area contributed by atoms with Gasteiger partial charge in [0.05, 0.1) is 5.52 Å². The summed E-state index contributed by atoms with van der Waals surface area (Å²) >= 11 is 0. The molecule has 2 aromatic heterocycles. The summed E-state index contributed by atoms with van der Waals surface area (Å²) in [5, 5.41) is 5.98. The van der Waals surface area contributed by atoms with Crippen LogP contribution in [0.3, 0.4) is 0 Å². The van der Waals surface area contributed by atoms with E-state index in [9.17, 15) is 0 Å². The maximum Gasteiger partial charge on any atom is 0.164 e. The Morgan fingerprint density at radius 2 is 1.75 bits per heavy atom. The van der Waals surface area contributed by atoms with Crippen molar-refractivity contribution >= 4 is 27.6 Å². The lowest BCUT2D eigenvalue weighted by Gasteiger charge is -2.21. The summed E-state index contributed by atoms with van der Waals surface area (Å²) in [6.45, 7) is 12.2. The Hall–Kier alpha value is -2.92. The standard InChI is InChI=1S/C27H35N5/c1-6-32(7-2)17-11-13-20(4)28-26-22-15-10-12-19(3)25(22)29-27(30-26)23-18-31(5)24-16-9-8-14-21(23)24/h8-10,12,14-16,18,20H,6-7,11,13,17H2,1-5H3,(H,28,29,30). The third kappa shape index (κ3) is 4.49. The Labute approximate surface area is 191 Å². The molecule has 0 aliphatic carbocycles. The molecule has 1 unspecified atom stereocenters. The van der Waals surface area contributed by atoms with Crippen molar-refractivity contribution in [3.05, 3.63) is 54.2 Å². The predicted molar refractivity (Wildman–Crippen MR) is 136 cm³/mol. The molecule has 1 N–H and O–H groups in total. The van der Waals surface area contributed by atoms with Crippen LogP contribution in [-0.4, -0.2) is 45.1 Å². The number of hydrogen-bond acceptors (Lipinski definition) is 4. The Morgan fingerprint density at radius 3 is 2.53 bits per heavy atom. The van der Waals surface area contributed by atoms with Gasteiger partial charge in [0.25, 0.3) is 0 Å². The number of aryl methyl sites for hydroxylation is 2. The molecule has 32 heavy (non-hydrogen) atoms. The van der Waals surface area contributed by atoms with Crippen molar-refractivity contribution in [1.29, 1.82) is 0 Å². The van der Waals surface area contributed by atoms with Gasteiger partial charge in [0.2, 0.25) is 0 Å². The first-order valence-electron chi connectivity index (χ1n) is 11.8. The first-order valence-corrected chi connectivity index (χ1v) is 11.8. The molecule has 0 fully saturated rings. The lowest BCUT2D eigenvalue weighted by molar-refractivity contribution is 0.295. The molecule has 0 spiro atoms. The van der Waals surface area contributed by atoms with Crippen LogP contribution in [0.4, 0.5) is 5.82 Å². The smallest absolute Gasteiger partial charge is 0.164 e. The van der Waals surface area contributed by atoms with Crippen LogP contribution in [-0.2, 0) is 7.05 Å². The minimum Gasteiger partial charge on any atom is -0.367 e. The third-order valence-electron chi connectivity index (χ3n) is 6.46. The van der Waals surface area contributed by atoms with Crippen LogP contribution in [0.25, 0.3) is 33.2 Å². The number of anilines is 1. The van der Waals surface area contributed by atoms with Gasteiger partial charge in [0.1, 0.15) is 5.82 Å². The van der Waals surface area contributed by atoms with Gasteiger partial charge in [-0.1, -0.05) is 44.2 Å². The van der Waals surface area contributed by atoms with Crippen LogP contribution >= 0.6 is 0 Å². The van der Waals surface area contributed by atoms with Crippen molar-refractivity contribution in [3.63, 3.8) is 0 Å². The zero-order chi connectivity index (χ0) is 22.7. The molecule has 2 heterocycles. The third-order valence-corrected chi connectivity index (χ3v) is 6.46. The van der Waals surface area contributed by atoms with Crippen LogP contribution in [0.1, 0.15) is 39.2 Å². The summed E-state index contributed by atoms with van der Waals surface area (Å²) in [6.07, 6.45) is 4.42. The fourth-order valence-corrected chi connectivity index (χ4v) is 4.51. The quantitative estimate of drug-likeness (QED) is 0.353. The van der Waals surface area contributed by atoms with Gasteiger partial charge < -0.3 is 14.8 Å². The number of fused-ring (bicyclic) bond motifs is 2. The van der Waals surface area contributed by atoms with E-state index >= 15 is 0 Å². The SMILES string of the molecule is CCN(CC)CCCC(C)Nc1nc(-c2cn(C)c3ccccc23)nc2c(C)cccc12. The van der Waals surface area contributed by atoms with E-state index in [1.165, 1.54) is 22.9 Å². The average molecular weight is 430 g/mol. The van der Waals surface area contributed by atoms with Crippen molar-refractivity contribution in [3.8, 4) is 11.4 Å². The van der Waals surface area contributed by atoms with Crippen LogP contribution in [0, 0.1) is 6.92 Å². The van der Waals surface area contributed by atoms with Gasteiger partial charge in [-0.05, 0) is 64.0 Å². The van der Waals surface area contributed by atoms with Crippen molar-refractivity contribution in [1.82, 2.24) is 19.4 Å². The molecule has 5 nitrogen and oxygen atoms in total. The summed E-state index contributed by atoms with van der Waals surface area (Å²) in [5.41, 5.74) is 4.45. The number of rotatable bonds is 9. The largest absolute Gasteiger partial charge is 0.367 e. The zero-order valence-electron chi connectivity index (χ0n) is 20.0. The van der Waals surface area contributed by atoms with Crippen LogP contribution in [0.15, 0.2) is 48.7 Å². The van der Waals surface area contributed by atoms with E-state index in [1.807, 2.05) is 0 Å². The monoisotopic (exact) mass is 429 g/mol. The molecule has 0 amide bonds. The molecule has 0 bridgehead atoms. The van der Waals surface area contributed by atoms with Crippen LogP contribution in [0.2, 0.25) is 0 Å². The summed E-state index contributed by atoms with van der Waals surface area (Å²) in [5.74, 6) is 1.71. The molecule has 0 radical (unpaired) electrons. The van der Waals surface area contributed by atoms with Gasteiger partial charge in [0.15, 0.2) is 5.82 Å². The molecular formula is C27H35N5. The summed E-state index contributed by atoms with van der Waals surface area (Å²) in [6, 6.07) is 15.1. The van der Waals surface area contributed by atoms with E-state index in [0.29, 0.717) is 6.04 Å². The highest BCUT2D eigenvalue weighted by Gasteiger charge is 2.16. The van der Waals surface area contributed by atoms with E-state index in [1.54, 1.807) is 0 Å². The topological polar surface area (TPSA) is 46.0 Å².